The topological polar surface area (TPSA) is 54.4 Å². The first-order valence-corrected chi connectivity index (χ1v) is 7.06. The number of hydrogen-bond donors (Lipinski definition) is 0. The number of aromatic nitrogens is 3. The molecule has 2 aromatic heterocycles. The van der Waals surface area contributed by atoms with E-state index in [1.807, 2.05) is 31.3 Å². The Hall–Kier alpha value is -2.37. The van der Waals surface area contributed by atoms with E-state index in [4.69, 9.17) is 4.74 Å². The zero-order valence-electron chi connectivity index (χ0n) is 12.4. The zero-order valence-corrected chi connectivity index (χ0v) is 12.4. The predicted molar refractivity (Wildman–Crippen MR) is 82.0 cm³/mol. The second kappa shape index (κ2) is 5.95. The minimum Gasteiger partial charge on any atom is -0.497 e. The second-order valence-corrected chi connectivity index (χ2v) is 4.99. The smallest absolute Gasteiger partial charge is 0.132 e. The summed E-state index contributed by atoms with van der Waals surface area (Å²) < 4.78 is 5.26. The summed E-state index contributed by atoms with van der Waals surface area (Å²) in [6.07, 6.45) is 3.60. The average Bonchev–Trinajstić information content (AvgIpc) is 2.55. The molecule has 2 aromatic rings. The van der Waals surface area contributed by atoms with E-state index in [2.05, 4.69) is 24.8 Å². The van der Waals surface area contributed by atoms with Crippen LogP contribution in [0.1, 0.15) is 5.82 Å². The molecule has 1 saturated heterocycles. The number of piperazine rings is 1. The highest BCUT2D eigenvalue weighted by Gasteiger charge is 2.19. The van der Waals surface area contributed by atoms with Crippen LogP contribution in [-0.4, -0.2) is 48.2 Å². The van der Waals surface area contributed by atoms with Crippen LogP contribution in [0.5, 0.6) is 5.75 Å². The first-order valence-electron chi connectivity index (χ1n) is 7.06. The van der Waals surface area contributed by atoms with Gasteiger partial charge < -0.3 is 14.5 Å². The number of pyridine rings is 1. The van der Waals surface area contributed by atoms with Gasteiger partial charge in [0.05, 0.1) is 7.11 Å². The number of aryl methyl sites for hydroxylation is 1. The van der Waals surface area contributed by atoms with E-state index in [1.165, 1.54) is 0 Å². The van der Waals surface area contributed by atoms with E-state index in [1.54, 1.807) is 13.3 Å². The van der Waals surface area contributed by atoms with Crippen molar-refractivity contribution < 1.29 is 4.74 Å². The Bertz CT molecular complexity index is 611. The van der Waals surface area contributed by atoms with Crippen molar-refractivity contribution in [2.75, 3.05) is 43.1 Å². The lowest BCUT2D eigenvalue weighted by molar-refractivity contribution is 0.414. The maximum Gasteiger partial charge on any atom is 0.132 e. The maximum absolute atomic E-state index is 5.26. The molecule has 0 amide bonds. The van der Waals surface area contributed by atoms with Crippen molar-refractivity contribution in [3.8, 4) is 5.75 Å². The molecule has 21 heavy (non-hydrogen) atoms. The molecule has 0 unspecified atom stereocenters. The van der Waals surface area contributed by atoms with Crippen molar-refractivity contribution in [3.63, 3.8) is 0 Å². The molecule has 3 rings (SSSR count). The van der Waals surface area contributed by atoms with E-state index in [0.717, 1.165) is 49.4 Å². The molecule has 1 fully saturated rings. The average molecular weight is 285 g/mol. The summed E-state index contributed by atoms with van der Waals surface area (Å²) in [5, 5.41) is 0. The van der Waals surface area contributed by atoms with Gasteiger partial charge in [-0.1, -0.05) is 0 Å². The van der Waals surface area contributed by atoms with Gasteiger partial charge in [-0.05, 0) is 19.1 Å². The van der Waals surface area contributed by atoms with E-state index in [-0.39, 0.29) is 0 Å². The highest BCUT2D eigenvalue weighted by molar-refractivity contribution is 5.47. The molecule has 6 nitrogen and oxygen atoms in total. The maximum atomic E-state index is 5.26. The van der Waals surface area contributed by atoms with Crippen LogP contribution in [0.3, 0.4) is 0 Å². The van der Waals surface area contributed by atoms with Crippen LogP contribution < -0.4 is 14.5 Å². The van der Waals surface area contributed by atoms with Gasteiger partial charge in [-0.3, -0.25) is 0 Å². The highest BCUT2D eigenvalue weighted by Crippen LogP contribution is 2.20. The van der Waals surface area contributed by atoms with Crippen LogP contribution in [0.2, 0.25) is 0 Å². The minimum atomic E-state index is 0.810. The Labute approximate surface area is 124 Å². The molecule has 0 bridgehead atoms. The lowest BCUT2D eigenvalue weighted by Crippen LogP contribution is -2.47. The normalized spacial score (nSPS) is 15.1. The third-order valence-corrected chi connectivity index (χ3v) is 3.64. The number of ether oxygens (including phenoxy) is 1. The Morgan fingerprint density at radius 2 is 1.62 bits per heavy atom. The van der Waals surface area contributed by atoms with Gasteiger partial charge in [0, 0.05) is 44.6 Å². The third kappa shape index (κ3) is 3.04. The molecule has 0 aliphatic carbocycles. The zero-order chi connectivity index (χ0) is 14.7. The fraction of sp³-hybridized carbons (Fsp3) is 0.400. The molecule has 3 heterocycles. The molecule has 0 radical (unpaired) electrons. The van der Waals surface area contributed by atoms with Gasteiger partial charge >= 0.3 is 0 Å². The fourth-order valence-corrected chi connectivity index (χ4v) is 2.48. The quantitative estimate of drug-likeness (QED) is 0.852. The Morgan fingerprint density at radius 1 is 0.952 bits per heavy atom. The Morgan fingerprint density at radius 3 is 2.29 bits per heavy atom. The van der Waals surface area contributed by atoms with Gasteiger partial charge in [0.25, 0.3) is 0 Å². The van der Waals surface area contributed by atoms with Crippen molar-refractivity contribution in [3.05, 3.63) is 36.4 Å². The van der Waals surface area contributed by atoms with Crippen molar-refractivity contribution in [2.45, 2.75) is 6.92 Å². The largest absolute Gasteiger partial charge is 0.497 e. The Kier molecular flexibility index (Phi) is 3.85. The van der Waals surface area contributed by atoms with Crippen LogP contribution in [0.15, 0.2) is 30.6 Å². The molecular weight excluding hydrogens is 266 g/mol. The molecule has 6 heteroatoms. The van der Waals surface area contributed by atoms with Gasteiger partial charge in [-0.2, -0.15) is 0 Å². The summed E-state index contributed by atoms with van der Waals surface area (Å²) >= 11 is 0. The molecule has 0 atom stereocenters. The first-order chi connectivity index (χ1) is 10.3. The van der Waals surface area contributed by atoms with Crippen LogP contribution in [0.4, 0.5) is 11.6 Å². The highest BCUT2D eigenvalue weighted by atomic mass is 16.5. The standard InChI is InChI=1S/C15H19N5O/c1-12-16-6-4-14(18-12)19-7-9-20(10-8-19)15-11-13(21-2)3-5-17-15/h3-6,11H,7-10H2,1-2H3. The van der Waals surface area contributed by atoms with E-state index < -0.39 is 0 Å². The molecule has 0 aromatic carbocycles. The number of methoxy groups -OCH3 is 1. The van der Waals surface area contributed by atoms with Crippen LogP contribution in [0.25, 0.3) is 0 Å². The van der Waals surface area contributed by atoms with Gasteiger partial charge in [-0.25, -0.2) is 15.0 Å². The van der Waals surface area contributed by atoms with E-state index >= 15 is 0 Å². The van der Waals surface area contributed by atoms with Crippen molar-refractivity contribution in [1.82, 2.24) is 15.0 Å². The Balaban J connectivity index is 1.67. The summed E-state index contributed by atoms with van der Waals surface area (Å²) in [5.41, 5.74) is 0. The summed E-state index contributed by atoms with van der Waals surface area (Å²) in [6, 6.07) is 5.81. The summed E-state index contributed by atoms with van der Waals surface area (Å²) in [6.45, 7) is 5.61. The number of anilines is 2. The van der Waals surface area contributed by atoms with Crippen LogP contribution in [-0.2, 0) is 0 Å². The van der Waals surface area contributed by atoms with Gasteiger partial charge in [-0.15, -0.1) is 0 Å². The molecule has 110 valence electrons. The SMILES string of the molecule is COc1ccnc(N2CCN(c3ccnc(C)n3)CC2)c1. The fourth-order valence-electron chi connectivity index (χ4n) is 2.48. The minimum absolute atomic E-state index is 0.810. The molecule has 0 N–H and O–H groups in total. The van der Waals surface area contributed by atoms with Crippen LogP contribution >= 0.6 is 0 Å². The number of rotatable bonds is 3. The molecule has 0 saturated carbocycles. The summed E-state index contributed by atoms with van der Waals surface area (Å²) in [4.78, 5) is 17.6. The van der Waals surface area contributed by atoms with Crippen molar-refractivity contribution >= 4 is 11.6 Å². The lowest BCUT2D eigenvalue weighted by atomic mass is 10.3. The number of nitrogens with zero attached hydrogens (tertiary/aromatic N) is 5. The van der Waals surface area contributed by atoms with Gasteiger partial charge in [0.15, 0.2) is 0 Å². The second-order valence-electron chi connectivity index (χ2n) is 4.99. The van der Waals surface area contributed by atoms with Crippen molar-refractivity contribution in [2.24, 2.45) is 0 Å². The molecule has 0 spiro atoms. The molecule has 1 aliphatic heterocycles. The molecule has 1 aliphatic rings. The monoisotopic (exact) mass is 285 g/mol. The van der Waals surface area contributed by atoms with Gasteiger partial charge in [0.1, 0.15) is 23.2 Å². The van der Waals surface area contributed by atoms with Crippen LogP contribution in [0, 0.1) is 6.92 Å². The van der Waals surface area contributed by atoms with E-state index in [0.29, 0.717) is 0 Å². The summed E-state index contributed by atoms with van der Waals surface area (Å²) in [5.74, 6) is 3.62. The number of hydrogen-bond acceptors (Lipinski definition) is 6. The van der Waals surface area contributed by atoms with Gasteiger partial charge in [0.2, 0.25) is 0 Å². The predicted octanol–water partition coefficient (Wildman–Crippen LogP) is 1.52. The molecular formula is C15H19N5O. The summed E-state index contributed by atoms with van der Waals surface area (Å²) in [7, 11) is 1.68. The first kappa shape index (κ1) is 13.6. The van der Waals surface area contributed by atoms with Crippen molar-refractivity contribution in [1.29, 1.82) is 0 Å². The lowest BCUT2D eigenvalue weighted by Gasteiger charge is -2.36. The third-order valence-electron chi connectivity index (χ3n) is 3.64. The van der Waals surface area contributed by atoms with E-state index in [9.17, 15) is 0 Å².